The van der Waals surface area contributed by atoms with Gasteiger partial charge in [-0.1, -0.05) is 13.8 Å². The lowest BCUT2D eigenvalue weighted by Crippen LogP contribution is -2.38. The fourth-order valence-corrected chi connectivity index (χ4v) is 2.77. The van der Waals surface area contributed by atoms with Crippen LogP contribution in [0.5, 0.6) is 0 Å². The van der Waals surface area contributed by atoms with Crippen LogP contribution in [0.15, 0.2) is 16.9 Å². The summed E-state index contributed by atoms with van der Waals surface area (Å²) in [7, 11) is 0. The van der Waals surface area contributed by atoms with E-state index in [9.17, 15) is 0 Å². The second-order valence-electron chi connectivity index (χ2n) is 5.29. The van der Waals surface area contributed by atoms with E-state index in [4.69, 9.17) is 0 Å². The number of aromatic nitrogens is 5. The molecule has 2 aromatic heterocycles. The van der Waals surface area contributed by atoms with Gasteiger partial charge in [0.25, 0.3) is 0 Å². The van der Waals surface area contributed by atoms with E-state index in [1.807, 2.05) is 0 Å². The Hall–Kier alpha value is -1.50. The Balaban J connectivity index is 1.93. The van der Waals surface area contributed by atoms with Crippen molar-refractivity contribution in [3.63, 3.8) is 0 Å². The molecule has 0 saturated carbocycles. The molecule has 106 valence electrons. The van der Waals surface area contributed by atoms with Crippen molar-refractivity contribution < 1.29 is 0 Å². The lowest BCUT2D eigenvalue weighted by molar-refractivity contribution is 0.473. The maximum Gasteiger partial charge on any atom is 0.225 e. The fraction of sp³-hybridized carbons (Fsp3) is 0.538. The molecule has 0 amide bonds. The molecule has 6 nitrogen and oxygen atoms in total. The van der Waals surface area contributed by atoms with Gasteiger partial charge in [-0.25, -0.2) is 9.97 Å². The lowest BCUT2D eigenvalue weighted by Gasteiger charge is -2.33. The Labute approximate surface area is 126 Å². The van der Waals surface area contributed by atoms with Gasteiger partial charge in [-0.05, 0) is 22.9 Å². The Morgan fingerprint density at radius 3 is 2.55 bits per heavy atom. The van der Waals surface area contributed by atoms with Crippen LogP contribution < -0.4 is 4.90 Å². The van der Waals surface area contributed by atoms with E-state index in [2.05, 4.69) is 66.3 Å². The monoisotopic (exact) mass is 336 g/mol. The first-order chi connectivity index (χ1) is 9.58. The summed E-state index contributed by atoms with van der Waals surface area (Å²) < 4.78 is 3.11. The molecule has 0 fully saturated rings. The van der Waals surface area contributed by atoms with Crippen LogP contribution in [0.3, 0.4) is 0 Å². The third-order valence-corrected chi connectivity index (χ3v) is 4.00. The van der Waals surface area contributed by atoms with Crippen LogP contribution >= 0.6 is 15.9 Å². The highest BCUT2D eigenvalue weighted by atomic mass is 79.9. The standard InChI is InChI=1S/C13H17BrN6/c1-8(2)11-17-18-12-9(3)19(4-5-20(11)12)13-15-6-10(14)7-16-13/h6-9H,4-5H2,1-3H3. The van der Waals surface area contributed by atoms with E-state index in [-0.39, 0.29) is 6.04 Å². The Morgan fingerprint density at radius 2 is 1.90 bits per heavy atom. The van der Waals surface area contributed by atoms with Gasteiger partial charge in [0.1, 0.15) is 5.82 Å². The first kappa shape index (κ1) is 13.5. The van der Waals surface area contributed by atoms with E-state index in [1.54, 1.807) is 12.4 Å². The van der Waals surface area contributed by atoms with Crippen LogP contribution in [0.2, 0.25) is 0 Å². The van der Waals surface area contributed by atoms with Crippen LogP contribution in [0.4, 0.5) is 5.95 Å². The molecule has 0 aliphatic carbocycles. The van der Waals surface area contributed by atoms with Crippen molar-refractivity contribution in [2.75, 3.05) is 11.4 Å². The molecule has 0 saturated heterocycles. The summed E-state index contributed by atoms with van der Waals surface area (Å²) in [4.78, 5) is 10.9. The van der Waals surface area contributed by atoms with E-state index < -0.39 is 0 Å². The van der Waals surface area contributed by atoms with Gasteiger partial charge in [0, 0.05) is 31.4 Å². The smallest absolute Gasteiger partial charge is 0.225 e. The highest BCUT2D eigenvalue weighted by Crippen LogP contribution is 2.29. The average molecular weight is 337 g/mol. The zero-order valence-electron chi connectivity index (χ0n) is 11.8. The summed E-state index contributed by atoms with van der Waals surface area (Å²) in [6, 6.07) is 0.130. The second kappa shape index (κ2) is 5.12. The molecule has 1 aliphatic heterocycles. The molecule has 3 heterocycles. The summed E-state index contributed by atoms with van der Waals surface area (Å²) in [6.45, 7) is 8.15. The van der Waals surface area contributed by atoms with Crippen LogP contribution in [0.25, 0.3) is 0 Å². The molecule has 0 bridgehead atoms. The number of hydrogen-bond donors (Lipinski definition) is 0. The molecule has 0 N–H and O–H groups in total. The van der Waals surface area contributed by atoms with Gasteiger partial charge in [0.15, 0.2) is 5.82 Å². The summed E-state index contributed by atoms with van der Waals surface area (Å²) >= 11 is 3.36. The summed E-state index contributed by atoms with van der Waals surface area (Å²) in [6.07, 6.45) is 3.54. The minimum Gasteiger partial charge on any atom is -0.329 e. The van der Waals surface area contributed by atoms with Crippen LogP contribution in [0.1, 0.15) is 44.4 Å². The van der Waals surface area contributed by atoms with Gasteiger partial charge in [0.2, 0.25) is 5.95 Å². The molecule has 1 atom stereocenters. The van der Waals surface area contributed by atoms with Crippen LogP contribution in [-0.4, -0.2) is 31.3 Å². The molecule has 2 aromatic rings. The molecule has 1 aliphatic rings. The van der Waals surface area contributed by atoms with Crippen molar-refractivity contribution >= 4 is 21.9 Å². The van der Waals surface area contributed by atoms with E-state index >= 15 is 0 Å². The maximum absolute atomic E-state index is 4.38. The number of anilines is 1. The molecule has 20 heavy (non-hydrogen) atoms. The third-order valence-electron chi connectivity index (χ3n) is 3.59. The largest absolute Gasteiger partial charge is 0.329 e. The lowest BCUT2D eigenvalue weighted by atomic mass is 10.1. The van der Waals surface area contributed by atoms with Crippen molar-refractivity contribution in [3.05, 3.63) is 28.5 Å². The molecular formula is C13H17BrN6. The second-order valence-corrected chi connectivity index (χ2v) is 6.21. The van der Waals surface area contributed by atoms with Crippen molar-refractivity contribution in [2.45, 2.75) is 39.3 Å². The summed E-state index contributed by atoms with van der Waals surface area (Å²) in [5, 5.41) is 8.69. The van der Waals surface area contributed by atoms with Gasteiger partial charge in [-0.3, -0.25) is 0 Å². The van der Waals surface area contributed by atoms with Gasteiger partial charge in [-0.2, -0.15) is 0 Å². The molecule has 7 heteroatoms. The molecule has 0 radical (unpaired) electrons. The van der Waals surface area contributed by atoms with Crippen molar-refractivity contribution in [2.24, 2.45) is 0 Å². The quantitative estimate of drug-likeness (QED) is 0.843. The Bertz CT molecular complexity index is 606. The van der Waals surface area contributed by atoms with Gasteiger partial charge in [0.05, 0.1) is 10.5 Å². The fourth-order valence-electron chi connectivity index (χ4n) is 2.56. The first-order valence-electron chi connectivity index (χ1n) is 6.75. The highest BCUT2D eigenvalue weighted by molar-refractivity contribution is 9.10. The molecule has 0 spiro atoms. The topological polar surface area (TPSA) is 59.7 Å². The van der Waals surface area contributed by atoms with Crippen molar-refractivity contribution in [1.82, 2.24) is 24.7 Å². The first-order valence-corrected chi connectivity index (χ1v) is 7.54. The summed E-state index contributed by atoms with van der Waals surface area (Å²) in [5.41, 5.74) is 0. The summed E-state index contributed by atoms with van der Waals surface area (Å²) in [5.74, 6) is 3.18. The number of hydrogen-bond acceptors (Lipinski definition) is 5. The van der Waals surface area contributed by atoms with Gasteiger partial charge < -0.3 is 9.47 Å². The number of fused-ring (bicyclic) bond motifs is 1. The predicted octanol–water partition coefficient (Wildman–Crippen LogP) is 2.54. The minimum absolute atomic E-state index is 0.130. The molecule has 0 aromatic carbocycles. The van der Waals surface area contributed by atoms with E-state index in [0.717, 1.165) is 35.2 Å². The van der Waals surface area contributed by atoms with Crippen LogP contribution in [0, 0.1) is 0 Å². The Kier molecular flexibility index (Phi) is 3.45. The third kappa shape index (κ3) is 2.19. The van der Waals surface area contributed by atoms with Gasteiger partial charge >= 0.3 is 0 Å². The van der Waals surface area contributed by atoms with E-state index in [1.165, 1.54) is 0 Å². The van der Waals surface area contributed by atoms with Crippen LogP contribution in [-0.2, 0) is 6.54 Å². The predicted molar refractivity (Wildman–Crippen MR) is 79.6 cm³/mol. The molecule has 3 rings (SSSR count). The maximum atomic E-state index is 4.38. The molecular weight excluding hydrogens is 320 g/mol. The number of rotatable bonds is 2. The van der Waals surface area contributed by atoms with Crippen molar-refractivity contribution in [1.29, 1.82) is 0 Å². The Morgan fingerprint density at radius 1 is 1.20 bits per heavy atom. The highest BCUT2D eigenvalue weighted by Gasteiger charge is 2.30. The normalized spacial score (nSPS) is 18.4. The zero-order valence-corrected chi connectivity index (χ0v) is 13.4. The zero-order chi connectivity index (χ0) is 14.3. The van der Waals surface area contributed by atoms with Crippen molar-refractivity contribution in [3.8, 4) is 0 Å². The van der Waals surface area contributed by atoms with Gasteiger partial charge in [-0.15, -0.1) is 10.2 Å². The SMILES string of the molecule is CC(C)c1nnc2n1CCN(c1ncc(Br)cn1)C2C. The number of halogens is 1. The van der Waals surface area contributed by atoms with E-state index in [0.29, 0.717) is 5.92 Å². The average Bonchev–Trinajstić information content (AvgIpc) is 2.85. The minimum atomic E-state index is 0.130. The molecule has 1 unspecified atom stereocenters. The number of nitrogens with zero attached hydrogens (tertiary/aromatic N) is 6.